The van der Waals surface area contributed by atoms with E-state index < -0.39 is 29.3 Å². The SMILES string of the molecule is Cc1cccc2[nH]cc(C(C)n3c(=O)n([C@H](C(=O)O)C4CC4)c(=O)c4ccccc43)c12. The van der Waals surface area contributed by atoms with Gasteiger partial charge in [-0.1, -0.05) is 24.3 Å². The average molecular weight is 417 g/mol. The van der Waals surface area contributed by atoms with Crippen LogP contribution in [0.25, 0.3) is 21.8 Å². The number of aliphatic carboxylic acids is 1. The van der Waals surface area contributed by atoms with Crippen LogP contribution in [-0.4, -0.2) is 25.2 Å². The maximum atomic E-state index is 13.7. The summed E-state index contributed by atoms with van der Waals surface area (Å²) in [7, 11) is 0. The van der Waals surface area contributed by atoms with Gasteiger partial charge in [-0.05, 0) is 56.4 Å². The maximum Gasteiger partial charge on any atom is 0.332 e. The van der Waals surface area contributed by atoms with E-state index in [0.29, 0.717) is 23.7 Å². The van der Waals surface area contributed by atoms with Crippen molar-refractivity contribution in [2.45, 2.75) is 38.8 Å². The zero-order valence-electron chi connectivity index (χ0n) is 17.3. The molecule has 2 N–H and O–H groups in total. The number of aromatic nitrogens is 3. The van der Waals surface area contributed by atoms with Crippen LogP contribution in [0.15, 0.2) is 58.3 Å². The molecule has 158 valence electrons. The van der Waals surface area contributed by atoms with Gasteiger partial charge in [-0.3, -0.25) is 9.36 Å². The Labute approximate surface area is 177 Å². The standard InChI is InChI=1S/C24H23N3O4/c1-13-6-5-8-18-20(13)17(12-25-18)14(2)26-19-9-4-3-7-16(19)22(28)27(24(26)31)21(23(29)30)15-10-11-15/h3-9,12,14-15,21,25H,10-11H2,1-2H3,(H,29,30)/t14?,21-/m0/s1. The Morgan fingerprint density at radius 3 is 2.55 bits per heavy atom. The van der Waals surface area contributed by atoms with Crippen LogP contribution >= 0.6 is 0 Å². The van der Waals surface area contributed by atoms with Gasteiger partial charge in [0.1, 0.15) is 6.04 Å². The van der Waals surface area contributed by atoms with Gasteiger partial charge in [0.15, 0.2) is 0 Å². The first kappa shape index (κ1) is 19.4. The van der Waals surface area contributed by atoms with Gasteiger partial charge in [0, 0.05) is 22.7 Å². The third kappa shape index (κ3) is 2.91. The van der Waals surface area contributed by atoms with Gasteiger partial charge < -0.3 is 10.1 Å². The summed E-state index contributed by atoms with van der Waals surface area (Å²) in [6.45, 7) is 3.92. The predicted molar refractivity (Wildman–Crippen MR) is 119 cm³/mol. The number of benzene rings is 2. The highest BCUT2D eigenvalue weighted by molar-refractivity contribution is 5.87. The lowest BCUT2D eigenvalue weighted by Crippen LogP contribution is -2.46. The second-order valence-electron chi connectivity index (χ2n) is 8.38. The number of rotatable bonds is 5. The average Bonchev–Trinajstić information content (AvgIpc) is 3.48. The van der Waals surface area contributed by atoms with Crippen molar-refractivity contribution in [3.63, 3.8) is 0 Å². The third-order valence-corrected chi connectivity index (χ3v) is 6.41. The molecule has 2 aromatic carbocycles. The normalized spacial score (nSPS) is 15.9. The largest absolute Gasteiger partial charge is 0.480 e. The highest BCUT2D eigenvalue weighted by Crippen LogP contribution is 2.39. The van der Waals surface area contributed by atoms with Gasteiger partial charge >= 0.3 is 11.7 Å². The molecule has 4 aromatic rings. The van der Waals surface area contributed by atoms with Crippen LogP contribution in [0.4, 0.5) is 0 Å². The second-order valence-corrected chi connectivity index (χ2v) is 8.38. The lowest BCUT2D eigenvalue weighted by Gasteiger charge is -2.22. The first-order chi connectivity index (χ1) is 14.9. The number of hydrogen-bond donors (Lipinski definition) is 2. The summed E-state index contributed by atoms with van der Waals surface area (Å²) < 4.78 is 2.52. The molecule has 0 spiro atoms. The van der Waals surface area contributed by atoms with Crippen molar-refractivity contribution in [3.8, 4) is 0 Å². The van der Waals surface area contributed by atoms with Crippen molar-refractivity contribution < 1.29 is 9.90 Å². The van der Waals surface area contributed by atoms with Gasteiger partial charge in [0.05, 0.1) is 16.9 Å². The Hall–Kier alpha value is -3.61. The van der Waals surface area contributed by atoms with Gasteiger partial charge in [-0.25, -0.2) is 14.2 Å². The Morgan fingerprint density at radius 2 is 1.84 bits per heavy atom. The number of nitrogens with zero attached hydrogens (tertiary/aromatic N) is 2. The summed E-state index contributed by atoms with van der Waals surface area (Å²) in [6, 6.07) is 11.3. The molecule has 1 unspecified atom stereocenters. The molecule has 0 amide bonds. The molecule has 0 saturated heterocycles. The monoisotopic (exact) mass is 417 g/mol. The van der Waals surface area contributed by atoms with E-state index in [1.165, 1.54) is 0 Å². The number of H-pyrrole nitrogens is 1. The Kier molecular flexibility index (Phi) is 4.36. The minimum absolute atomic E-state index is 0.192. The molecule has 7 nitrogen and oxygen atoms in total. The molecule has 1 aliphatic carbocycles. The van der Waals surface area contributed by atoms with E-state index in [9.17, 15) is 19.5 Å². The van der Waals surface area contributed by atoms with Gasteiger partial charge in [-0.15, -0.1) is 0 Å². The first-order valence-corrected chi connectivity index (χ1v) is 10.5. The van der Waals surface area contributed by atoms with E-state index >= 15 is 0 Å². The number of nitrogens with one attached hydrogen (secondary N) is 1. The third-order valence-electron chi connectivity index (χ3n) is 6.41. The molecular weight excluding hydrogens is 394 g/mol. The van der Waals surface area contributed by atoms with Crippen molar-refractivity contribution in [1.29, 1.82) is 0 Å². The van der Waals surface area contributed by atoms with Crippen LogP contribution in [0.3, 0.4) is 0 Å². The lowest BCUT2D eigenvalue weighted by molar-refractivity contribution is -0.141. The molecular formula is C24H23N3O4. The van der Waals surface area contributed by atoms with E-state index in [4.69, 9.17) is 0 Å². The fourth-order valence-electron chi connectivity index (χ4n) is 4.72. The Bertz CT molecular complexity index is 1460. The minimum Gasteiger partial charge on any atom is -0.480 e. The molecule has 1 aliphatic rings. The molecule has 7 heteroatoms. The Balaban J connectivity index is 1.83. The van der Waals surface area contributed by atoms with Crippen molar-refractivity contribution in [2.75, 3.05) is 0 Å². The summed E-state index contributed by atoms with van der Waals surface area (Å²) in [5, 5.41) is 11.2. The van der Waals surface area contributed by atoms with Crippen molar-refractivity contribution >= 4 is 27.8 Å². The number of aryl methyl sites for hydroxylation is 1. The fraction of sp³-hybridized carbons (Fsp3) is 0.292. The van der Waals surface area contributed by atoms with E-state index in [-0.39, 0.29) is 5.92 Å². The number of carboxylic acids is 1. The molecule has 2 heterocycles. The highest BCUT2D eigenvalue weighted by Gasteiger charge is 2.40. The lowest BCUT2D eigenvalue weighted by atomic mass is 10.0. The van der Waals surface area contributed by atoms with Crippen LogP contribution in [0.5, 0.6) is 0 Å². The van der Waals surface area contributed by atoms with Gasteiger partial charge in [0.25, 0.3) is 5.56 Å². The van der Waals surface area contributed by atoms with Crippen LogP contribution in [0.2, 0.25) is 0 Å². The minimum atomic E-state index is -1.15. The van der Waals surface area contributed by atoms with E-state index in [1.54, 1.807) is 28.8 Å². The molecule has 0 radical (unpaired) electrons. The topological polar surface area (TPSA) is 97.1 Å². The second kappa shape index (κ2) is 6.97. The van der Waals surface area contributed by atoms with E-state index in [1.807, 2.05) is 38.2 Å². The van der Waals surface area contributed by atoms with Gasteiger partial charge in [0.2, 0.25) is 0 Å². The summed E-state index contributed by atoms with van der Waals surface area (Å²) in [5.74, 6) is -1.33. The van der Waals surface area contributed by atoms with Crippen molar-refractivity contribution in [3.05, 3.63) is 80.6 Å². The van der Waals surface area contributed by atoms with Crippen LogP contribution in [0, 0.1) is 12.8 Å². The number of aromatic amines is 1. The van der Waals surface area contributed by atoms with Gasteiger partial charge in [-0.2, -0.15) is 0 Å². The maximum absolute atomic E-state index is 13.7. The summed E-state index contributed by atoms with van der Waals surface area (Å²) >= 11 is 0. The number of para-hydroxylation sites is 1. The summed E-state index contributed by atoms with van der Waals surface area (Å²) in [5.41, 5.74) is 2.34. The number of hydrogen-bond acceptors (Lipinski definition) is 3. The zero-order chi connectivity index (χ0) is 21.9. The number of carbonyl (C=O) groups is 1. The van der Waals surface area contributed by atoms with Crippen LogP contribution in [0.1, 0.15) is 43.0 Å². The highest BCUT2D eigenvalue weighted by atomic mass is 16.4. The predicted octanol–water partition coefficient (Wildman–Crippen LogP) is 3.60. The molecule has 0 bridgehead atoms. The molecule has 2 atom stereocenters. The van der Waals surface area contributed by atoms with Crippen molar-refractivity contribution in [1.82, 2.24) is 14.1 Å². The molecule has 1 saturated carbocycles. The number of fused-ring (bicyclic) bond motifs is 2. The van der Waals surface area contributed by atoms with Crippen LogP contribution < -0.4 is 11.2 Å². The molecule has 1 fully saturated rings. The molecule has 31 heavy (non-hydrogen) atoms. The summed E-state index contributed by atoms with van der Waals surface area (Å²) in [6.07, 6.45) is 3.29. The zero-order valence-corrected chi connectivity index (χ0v) is 17.3. The summed E-state index contributed by atoms with van der Waals surface area (Å²) in [4.78, 5) is 42.2. The van der Waals surface area contributed by atoms with Crippen LogP contribution in [-0.2, 0) is 4.79 Å². The molecule has 2 aromatic heterocycles. The van der Waals surface area contributed by atoms with Crippen molar-refractivity contribution in [2.24, 2.45) is 5.92 Å². The number of carboxylic acid groups (broad SMARTS) is 1. The quantitative estimate of drug-likeness (QED) is 0.518. The van der Waals surface area contributed by atoms with E-state index in [0.717, 1.165) is 26.6 Å². The van der Waals surface area contributed by atoms with E-state index in [2.05, 4.69) is 4.98 Å². The molecule has 0 aliphatic heterocycles. The fourth-order valence-corrected chi connectivity index (χ4v) is 4.72. The smallest absolute Gasteiger partial charge is 0.332 e. The molecule has 5 rings (SSSR count). The Morgan fingerprint density at radius 1 is 1.10 bits per heavy atom. The first-order valence-electron chi connectivity index (χ1n) is 10.5.